The van der Waals surface area contributed by atoms with E-state index in [4.69, 9.17) is 9.84 Å². The highest BCUT2D eigenvalue weighted by molar-refractivity contribution is 5.69. The van der Waals surface area contributed by atoms with E-state index in [1.54, 1.807) is 13.2 Å². The molecule has 0 aliphatic carbocycles. The van der Waals surface area contributed by atoms with Crippen molar-refractivity contribution in [3.63, 3.8) is 0 Å². The Balaban J connectivity index is 1.97. The maximum Gasteiger partial charge on any atom is 0.317 e. The second-order valence-corrected chi connectivity index (χ2v) is 5.26. The molecule has 5 nitrogen and oxygen atoms in total. The third kappa shape index (κ3) is 4.68. The first kappa shape index (κ1) is 15.7. The van der Waals surface area contributed by atoms with E-state index in [0.29, 0.717) is 18.8 Å². The van der Waals surface area contributed by atoms with Crippen LogP contribution in [0.4, 0.5) is 4.39 Å². The molecule has 0 atom stereocenters. The number of hydrogen-bond acceptors (Lipinski definition) is 4. The third-order valence-corrected chi connectivity index (χ3v) is 3.68. The van der Waals surface area contributed by atoms with Gasteiger partial charge in [0.05, 0.1) is 13.7 Å². The number of methoxy groups -OCH3 is 1. The fraction of sp³-hybridized carbons (Fsp3) is 0.533. The summed E-state index contributed by atoms with van der Waals surface area (Å²) in [5, 5.41) is 8.84. The van der Waals surface area contributed by atoms with Crippen molar-refractivity contribution < 1.29 is 19.0 Å². The molecule has 0 radical (unpaired) electrons. The number of ether oxygens (including phenoxy) is 1. The summed E-state index contributed by atoms with van der Waals surface area (Å²) >= 11 is 0. The Labute approximate surface area is 123 Å². The van der Waals surface area contributed by atoms with E-state index in [1.807, 2.05) is 4.90 Å². The molecule has 1 N–H and O–H groups in total. The van der Waals surface area contributed by atoms with Gasteiger partial charge in [-0.25, -0.2) is 4.39 Å². The normalized spacial score (nSPS) is 17.4. The number of carboxylic acids is 1. The molecule has 1 aliphatic heterocycles. The van der Waals surface area contributed by atoms with Gasteiger partial charge in [0.1, 0.15) is 11.6 Å². The van der Waals surface area contributed by atoms with Crippen LogP contribution in [0.5, 0.6) is 5.75 Å². The molecule has 0 bridgehead atoms. The van der Waals surface area contributed by atoms with Gasteiger partial charge in [0.25, 0.3) is 0 Å². The number of rotatable bonds is 5. The van der Waals surface area contributed by atoms with Crippen LogP contribution < -0.4 is 4.74 Å². The number of aliphatic carboxylic acids is 1. The van der Waals surface area contributed by atoms with Crippen molar-refractivity contribution in [1.82, 2.24) is 9.80 Å². The average Bonchev–Trinajstić information content (AvgIpc) is 2.64. The topological polar surface area (TPSA) is 53.0 Å². The van der Waals surface area contributed by atoms with E-state index in [0.717, 1.165) is 31.6 Å². The maximum atomic E-state index is 13.4. The van der Waals surface area contributed by atoms with Crippen molar-refractivity contribution in [3.8, 4) is 5.75 Å². The molecule has 1 aromatic carbocycles. The van der Waals surface area contributed by atoms with Crippen LogP contribution in [-0.4, -0.2) is 60.7 Å². The van der Waals surface area contributed by atoms with Gasteiger partial charge in [-0.1, -0.05) is 0 Å². The number of nitrogens with zero attached hydrogens (tertiary/aromatic N) is 2. The second kappa shape index (κ2) is 7.38. The minimum atomic E-state index is -0.796. The second-order valence-electron chi connectivity index (χ2n) is 5.26. The van der Waals surface area contributed by atoms with Crippen LogP contribution in [0.3, 0.4) is 0 Å². The summed E-state index contributed by atoms with van der Waals surface area (Å²) in [6, 6.07) is 4.53. The number of hydrogen-bond donors (Lipinski definition) is 1. The number of benzene rings is 1. The van der Waals surface area contributed by atoms with Gasteiger partial charge in [0, 0.05) is 31.7 Å². The molecule has 1 saturated heterocycles. The molecule has 116 valence electrons. The minimum Gasteiger partial charge on any atom is -0.496 e. The van der Waals surface area contributed by atoms with Gasteiger partial charge in [-0.15, -0.1) is 0 Å². The highest BCUT2D eigenvalue weighted by Crippen LogP contribution is 2.21. The van der Waals surface area contributed by atoms with E-state index in [-0.39, 0.29) is 12.4 Å². The van der Waals surface area contributed by atoms with E-state index in [1.165, 1.54) is 12.1 Å². The number of carboxylic acid groups (broad SMARTS) is 1. The summed E-state index contributed by atoms with van der Waals surface area (Å²) in [4.78, 5) is 14.9. The predicted octanol–water partition coefficient (Wildman–Crippen LogP) is 1.43. The van der Waals surface area contributed by atoms with Crippen LogP contribution >= 0.6 is 0 Å². The fourth-order valence-corrected chi connectivity index (χ4v) is 2.64. The van der Waals surface area contributed by atoms with E-state index >= 15 is 0 Å². The standard InChI is InChI=1S/C15H21FN2O3/c1-21-14-4-3-13(16)9-12(14)10-17-5-2-6-18(8-7-17)11-15(19)20/h3-4,9H,2,5-8,10-11H2,1H3,(H,19,20). The van der Waals surface area contributed by atoms with E-state index in [2.05, 4.69) is 4.90 Å². The van der Waals surface area contributed by atoms with Gasteiger partial charge in [0.15, 0.2) is 0 Å². The maximum absolute atomic E-state index is 13.4. The van der Waals surface area contributed by atoms with Crippen molar-refractivity contribution in [2.24, 2.45) is 0 Å². The molecule has 1 aromatic rings. The Morgan fingerprint density at radius 3 is 2.71 bits per heavy atom. The molecule has 0 amide bonds. The van der Waals surface area contributed by atoms with Crippen LogP contribution in [0.2, 0.25) is 0 Å². The van der Waals surface area contributed by atoms with Gasteiger partial charge in [-0.05, 0) is 31.2 Å². The summed E-state index contributed by atoms with van der Waals surface area (Å²) < 4.78 is 18.6. The van der Waals surface area contributed by atoms with Crippen LogP contribution in [0.15, 0.2) is 18.2 Å². The highest BCUT2D eigenvalue weighted by Gasteiger charge is 2.18. The summed E-state index contributed by atoms with van der Waals surface area (Å²) in [7, 11) is 1.58. The Morgan fingerprint density at radius 2 is 2.00 bits per heavy atom. The molecule has 1 heterocycles. The lowest BCUT2D eigenvalue weighted by atomic mass is 10.1. The highest BCUT2D eigenvalue weighted by atomic mass is 19.1. The number of halogens is 1. The average molecular weight is 296 g/mol. The van der Waals surface area contributed by atoms with E-state index in [9.17, 15) is 9.18 Å². The molecule has 1 aliphatic rings. The lowest BCUT2D eigenvalue weighted by Crippen LogP contribution is -2.34. The van der Waals surface area contributed by atoms with Crippen LogP contribution in [-0.2, 0) is 11.3 Å². The van der Waals surface area contributed by atoms with Gasteiger partial charge in [-0.2, -0.15) is 0 Å². The summed E-state index contributed by atoms with van der Waals surface area (Å²) in [6.07, 6.45) is 0.908. The zero-order chi connectivity index (χ0) is 15.2. The van der Waals surface area contributed by atoms with Gasteiger partial charge >= 0.3 is 5.97 Å². The first-order valence-corrected chi connectivity index (χ1v) is 7.07. The van der Waals surface area contributed by atoms with Crippen molar-refractivity contribution in [1.29, 1.82) is 0 Å². The molecule has 2 rings (SSSR count). The Hall–Kier alpha value is -1.66. The van der Waals surface area contributed by atoms with Gasteiger partial charge in [0.2, 0.25) is 0 Å². The van der Waals surface area contributed by atoms with Crippen molar-refractivity contribution in [3.05, 3.63) is 29.6 Å². The summed E-state index contributed by atoms with van der Waals surface area (Å²) in [5.74, 6) is -0.383. The first-order valence-electron chi connectivity index (χ1n) is 7.07. The first-order chi connectivity index (χ1) is 10.1. The molecule has 0 saturated carbocycles. The smallest absolute Gasteiger partial charge is 0.317 e. The van der Waals surface area contributed by atoms with Gasteiger partial charge in [-0.3, -0.25) is 14.6 Å². The summed E-state index contributed by atoms with van der Waals surface area (Å²) in [6.45, 7) is 3.83. The van der Waals surface area contributed by atoms with Crippen molar-refractivity contribution in [2.75, 3.05) is 39.8 Å². The predicted molar refractivity (Wildman–Crippen MR) is 76.9 cm³/mol. The third-order valence-electron chi connectivity index (χ3n) is 3.68. The van der Waals surface area contributed by atoms with E-state index < -0.39 is 5.97 Å². The van der Waals surface area contributed by atoms with Crippen molar-refractivity contribution >= 4 is 5.97 Å². The molecule has 0 unspecified atom stereocenters. The minimum absolute atomic E-state index is 0.0805. The molecular weight excluding hydrogens is 275 g/mol. The molecule has 6 heteroatoms. The summed E-state index contributed by atoms with van der Waals surface area (Å²) in [5.41, 5.74) is 0.823. The molecule has 21 heavy (non-hydrogen) atoms. The van der Waals surface area contributed by atoms with Crippen LogP contribution in [0.25, 0.3) is 0 Å². The van der Waals surface area contributed by atoms with Crippen molar-refractivity contribution in [2.45, 2.75) is 13.0 Å². The van der Waals surface area contributed by atoms with Crippen LogP contribution in [0.1, 0.15) is 12.0 Å². The molecule has 1 fully saturated rings. The SMILES string of the molecule is COc1ccc(F)cc1CN1CCCN(CC(=O)O)CC1. The zero-order valence-electron chi connectivity index (χ0n) is 12.2. The number of carbonyl (C=O) groups is 1. The Kier molecular flexibility index (Phi) is 5.52. The fourth-order valence-electron chi connectivity index (χ4n) is 2.64. The van der Waals surface area contributed by atoms with Gasteiger partial charge < -0.3 is 9.84 Å². The largest absolute Gasteiger partial charge is 0.496 e. The Bertz CT molecular complexity index is 496. The quantitative estimate of drug-likeness (QED) is 0.891. The van der Waals surface area contributed by atoms with Crippen LogP contribution in [0, 0.1) is 5.82 Å². The monoisotopic (exact) mass is 296 g/mol. The lowest BCUT2D eigenvalue weighted by Gasteiger charge is -2.21. The molecule has 0 spiro atoms. The molecule has 0 aromatic heterocycles. The molecular formula is C15H21FN2O3. The lowest BCUT2D eigenvalue weighted by molar-refractivity contribution is -0.138. The Morgan fingerprint density at radius 1 is 1.29 bits per heavy atom. The zero-order valence-corrected chi connectivity index (χ0v) is 12.2.